The predicted octanol–water partition coefficient (Wildman–Crippen LogP) is 2.55. The third-order valence-electron chi connectivity index (χ3n) is 5.36. The van der Waals surface area contributed by atoms with Crippen molar-refractivity contribution in [3.63, 3.8) is 0 Å². The predicted molar refractivity (Wildman–Crippen MR) is 87.9 cm³/mol. The molecule has 0 bridgehead atoms. The molecule has 3 fully saturated rings. The van der Waals surface area contributed by atoms with Crippen LogP contribution in [0.2, 0.25) is 0 Å². The summed E-state index contributed by atoms with van der Waals surface area (Å²) in [6, 6.07) is 5.52. The Morgan fingerprint density at radius 3 is 2.25 bits per heavy atom. The molecular weight excluding hydrogens is 309 g/mol. The largest absolute Gasteiger partial charge is 0.339 e. The maximum Gasteiger partial charge on any atom is 0.321 e. The van der Waals surface area contributed by atoms with E-state index < -0.39 is 0 Å². The zero-order valence-corrected chi connectivity index (χ0v) is 13.6. The molecule has 3 aliphatic rings. The molecule has 1 aliphatic heterocycles. The Hall–Kier alpha value is -2.11. The molecule has 1 saturated heterocycles. The van der Waals surface area contributed by atoms with Crippen molar-refractivity contribution < 1.29 is 14.0 Å². The molecule has 1 N–H and O–H groups in total. The minimum absolute atomic E-state index is 0.198. The van der Waals surface area contributed by atoms with Gasteiger partial charge in [0.15, 0.2) is 0 Å². The van der Waals surface area contributed by atoms with E-state index in [4.69, 9.17) is 0 Å². The molecule has 1 heterocycles. The fourth-order valence-corrected chi connectivity index (χ4v) is 3.64. The van der Waals surface area contributed by atoms with E-state index in [1.807, 2.05) is 4.90 Å². The number of amides is 3. The van der Waals surface area contributed by atoms with Crippen LogP contribution < -0.4 is 5.32 Å². The summed E-state index contributed by atoms with van der Waals surface area (Å²) in [5, 5.41) is 2.77. The van der Waals surface area contributed by atoms with Gasteiger partial charge in [0.25, 0.3) is 0 Å². The number of anilines is 1. The van der Waals surface area contributed by atoms with Gasteiger partial charge >= 0.3 is 6.03 Å². The Kier molecular flexibility index (Phi) is 3.90. The van der Waals surface area contributed by atoms with E-state index in [2.05, 4.69) is 5.32 Å². The fraction of sp³-hybridized carbons (Fsp3) is 0.556. The van der Waals surface area contributed by atoms with Crippen LogP contribution in [-0.2, 0) is 4.79 Å². The highest BCUT2D eigenvalue weighted by Gasteiger charge is 2.52. The lowest BCUT2D eigenvalue weighted by molar-refractivity contribution is -0.134. The summed E-state index contributed by atoms with van der Waals surface area (Å²) >= 11 is 0. The smallest absolute Gasteiger partial charge is 0.321 e. The van der Waals surface area contributed by atoms with Crippen LogP contribution in [0.4, 0.5) is 14.9 Å². The van der Waals surface area contributed by atoms with Crippen molar-refractivity contribution in [3.8, 4) is 0 Å². The third kappa shape index (κ3) is 3.23. The minimum Gasteiger partial charge on any atom is -0.339 e. The lowest BCUT2D eigenvalue weighted by atomic mass is 10.2. The number of halogens is 1. The van der Waals surface area contributed by atoms with Crippen molar-refractivity contribution in [1.82, 2.24) is 9.80 Å². The molecule has 0 radical (unpaired) electrons. The highest BCUT2D eigenvalue weighted by atomic mass is 19.1. The number of hydrogen-bond donors (Lipinski definition) is 1. The van der Waals surface area contributed by atoms with Crippen molar-refractivity contribution in [1.29, 1.82) is 0 Å². The minimum atomic E-state index is -0.329. The van der Waals surface area contributed by atoms with Gasteiger partial charge in [-0.05, 0) is 55.4 Å². The quantitative estimate of drug-likeness (QED) is 0.925. The van der Waals surface area contributed by atoms with Gasteiger partial charge in [-0.25, -0.2) is 9.18 Å². The number of rotatable bonds is 3. The molecule has 128 valence electrons. The second-order valence-corrected chi connectivity index (χ2v) is 7.09. The number of urea groups is 1. The van der Waals surface area contributed by atoms with Crippen LogP contribution >= 0.6 is 0 Å². The Bertz CT molecular complexity index is 636. The monoisotopic (exact) mass is 331 g/mol. The van der Waals surface area contributed by atoms with Gasteiger partial charge in [-0.1, -0.05) is 0 Å². The first-order valence-corrected chi connectivity index (χ1v) is 8.72. The standard InChI is InChI=1S/C18H22FN3O2/c19-13-3-5-14(6-4-13)20-18(24)22-9-7-21(8-10-22)17(23)16-11-15(16)12-1-2-12/h3-6,12,15-16H,1-2,7-11H2,(H,20,24). The molecule has 2 saturated carbocycles. The average molecular weight is 331 g/mol. The number of piperazine rings is 1. The van der Waals surface area contributed by atoms with Gasteiger partial charge in [0.05, 0.1) is 0 Å². The maximum atomic E-state index is 12.9. The first kappa shape index (κ1) is 15.4. The Labute approximate surface area is 140 Å². The van der Waals surface area contributed by atoms with Crippen LogP contribution in [0, 0.1) is 23.6 Å². The summed E-state index contributed by atoms with van der Waals surface area (Å²) < 4.78 is 12.9. The van der Waals surface area contributed by atoms with E-state index in [1.54, 1.807) is 4.90 Å². The van der Waals surface area contributed by atoms with Gasteiger partial charge in [-0.15, -0.1) is 0 Å². The highest BCUT2D eigenvalue weighted by molar-refractivity contribution is 5.89. The molecule has 4 rings (SSSR count). The summed E-state index contributed by atoms with van der Waals surface area (Å²) in [5.41, 5.74) is 0.574. The molecule has 24 heavy (non-hydrogen) atoms. The Morgan fingerprint density at radius 2 is 1.62 bits per heavy atom. The number of hydrogen-bond acceptors (Lipinski definition) is 2. The molecule has 0 spiro atoms. The highest BCUT2D eigenvalue weighted by Crippen LogP contribution is 2.54. The molecule has 5 nitrogen and oxygen atoms in total. The average Bonchev–Trinajstić information content (AvgIpc) is 3.48. The number of carbonyl (C=O) groups excluding carboxylic acids is 2. The van der Waals surface area contributed by atoms with Crippen LogP contribution in [0.3, 0.4) is 0 Å². The van der Waals surface area contributed by atoms with Gasteiger partial charge in [0.2, 0.25) is 5.91 Å². The van der Waals surface area contributed by atoms with Gasteiger partial charge < -0.3 is 15.1 Å². The van der Waals surface area contributed by atoms with Crippen LogP contribution in [0.5, 0.6) is 0 Å². The van der Waals surface area contributed by atoms with Crippen molar-refractivity contribution in [2.75, 3.05) is 31.5 Å². The van der Waals surface area contributed by atoms with Gasteiger partial charge in [-0.3, -0.25) is 4.79 Å². The number of carbonyl (C=O) groups is 2. The lowest BCUT2D eigenvalue weighted by Gasteiger charge is -2.35. The first-order valence-electron chi connectivity index (χ1n) is 8.72. The second kappa shape index (κ2) is 6.07. The van der Waals surface area contributed by atoms with Crippen molar-refractivity contribution in [2.45, 2.75) is 19.3 Å². The van der Waals surface area contributed by atoms with E-state index in [-0.39, 0.29) is 23.7 Å². The number of nitrogens with one attached hydrogen (secondary N) is 1. The van der Waals surface area contributed by atoms with E-state index in [0.717, 1.165) is 12.3 Å². The second-order valence-electron chi connectivity index (χ2n) is 7.09. The molecule has 0 aromatic heterocycles. The third-order valence-corrected chi connectivity index (χ3v) is 5.36. The molecule has 2 atom stereocenters. The van der Waals surface area contributed by atoms with Crippen molar-refractivity contribution >= 4 is 17.6 Å². The van der Waals surface area contributed by atoms with Crippen LogP contribution in [0.1, 0.15) is 19.3 Å². The molecule has 3 amide bonds. The summed E-state index contributed by atoms with van der Waals surface area (Å²) in [7, 11) is 0. The number of benzene rings is 1. The van der Waals surface area contributed by atoms with Gasteiger partial charge in [0.1, 0.15) is 5.82 Å². The van der Waals surface area contributed by atoms with E-state index in [1.165, 1.54) is 37.1 Å². The van der Waals surface area contributed by atoms with Crippen LogP contribution in [0.15, 0.2) is 24.3 Å². The Morgan fingerprint density at radius 1 is 1.00 bits per heavy atom. The molecule has 6 heteroatoms. The first-order chi connectivity index (χ1) is 11.6. The zero-order chi connectivity index (χ0) is 16.7. The van der Waals surface area contributed by atoms with Crippen molar-refractivity contribution in [2.24, 2.45) is 17.8 Å². The fourth-order valence-electron chi connectivity index (χ4n) is 3.64. The summed E-state index contributed by atoms with van der Waals surface area (Å²) in [6.45, 7) is 2.28. The SMILES string of the molecule is O=C(Nc1ccc(F)cc1)N1CCN(C(=O)C2CC2C2CC2)CC1. The lowest BCUT2D eigenvalue weighted by Crippen LogP contribution is -2.52. The van der Waals surface area contributed by atoms with Crippen LogP contribution in [0.25, 0.3) is 0 Å². The molecule has 2 aliphatic carbocycles. The number of nitrogens with zero attached hydrogens (tertiary/aromatic N) is 2. The summed E-state index contributed by atoms with van der Waals surface area (Å²) in [5.74, 6) is 1.64. The van der Waals surface area contributed by atoms with Gasteiger partial charge in [-0.2, -0.15) is 0 Å². The summed E-state index contributed by atoms with van der Waals surface area (Å²) in [4.78, 5) is 28.3. The topological polar surface area (TPSA) is 52.7 Å². The maximum absolute atomic E-state index is 12.9. The zero-order valence-electron chi connectivity index (χ0n) is 13.6. The molecule has 1 aromatic rings. The summed E-state index contributed by atoms with van der Waals surface area (Å²) in [6.07, 6.45) is 3.66. The molecule has 1 aromatic carbocycles. The molecular formula is C18H22FN3O2. The van der Waals surface area contributed by atoms with E-state index in [0.29, 0.717) is 37.8 Å². The normalized spacial score (nSPS) is 26.2. The molecule has 2 unspecified atom stereocenters. The van der Waals surface area contributed by atoms with E-state index in [9.17, 15) is 14.0 Å². The van der Waals surface area contributed by atoms with Crippen LogP contribution in [-0.4, -0.2) is 47.9 Å². The Balaban J connectivity index is 1.25. The van der Waals surface area contributed by atoms with Gasteiger partial charge in [0, 0.05) is 37.8 Å². The van der Waals surface area contributed by atoms with E-state index >= 15 is 0 Å². The van der Waals surface area contributed by atoms with Crippen molar-refractivity contribution in [3.05, 3.63) is 30.1 Å².